The molecular weight excluding hydrogens is 618 g/mol. The number of hydrogen-bond acceptors (Lipinski definition) is 6. The zero-order chi connectivity index (χ0) is 36.4. The molecule has 0 heterocycles. The van der Waals surface area contributed by atoms with Gasteiger partial charge in [0.15, 0.2) is 12.1 Å². The van der Waals surface area contributed by atoms with E-state index < -0.39 is 18.1 Å². The second-order valence-electron chi connectivity index (χ2n) is 15.3. The molecule has 0 saturated carbocycles. The summed E-state index contributed by atoms with van der Waals surface area (Å²) in [4.78, 5) is 36.7. The van der Waals surface area contributed by atoms with Gasteiger partial charge in [0.1, 0.15) is 6.61 Å². The lowest BCUT2D eigenvalue weighted by molar-refractivity contribution is -0.887. The fraction of sp³-hybridized carbons (Fsp3) is 0.927. The van der Waals surface area contributed by atoms with Crippen LogP contribution in [0.25, 0.3) is 0 Å². The normalized spacial score (nSPS) is 12.9. The first-order chi connectivity index (χ1) is 23.6. The summed E-state index contributed by atoms with van der Waals surface area (Å²) in [5.74, 6) is -1.46. The van der Waals surface area contributed by atoms with Crippen LogP contribution in [0, 0.1) is 0 Å². The first-order valence-electron chi connectivity index (χ1n) is 20.6. The van der Waals surface area contributed by atoms with Gasteiger partial charge in [0.25, 0.3) is 0 Å². The van der Waals surface area contributed by atoms with E-state index in [1.165, 1.54) is 122 Å². The van der Waals surface area contributed by atoms with E-state index in [1.54, 1.807) is 0 Å². The van der Waals surface area contributed by atoms with Crippen molar-refractivity contribution in [3.8, 4) is 0 Å². The first-order valence-corrected chi connectivity index (χ1v) is 20.6. The number of likely N-dealkylation sites (N-methyl/N-ethyl adjacent to an activating group) is 1. The molecule has 0 rings (SSSR count). The average molecular weight is 699 g/mol. The van der Waals surface area contributed by atoms with Gasteiger partial charge >= 0.3 is 17.9 Å². The van der Waals surface area contributed by atoms with Crippen LogP contribution in [0.3, 0.4) is 0 Å². The highest BCUT2D eigenvalue weighted by Crippen LogP contribution is 2.15. The van der Waals surface area contributed by atoms with E-state index in [-0.39, 0.29) is 36.2 Å². The molecule has 0 saturated heterocycles. The van der Waals surface area contributed by atoms with Crippen molar-refractivity contribution in [1.82, 2.24) is 0 Å². The van der Waals surface area contributed by atoms with Crippen LogP contribution in [-0.2, 0) is 28.6 Å². The quantitative estimate of drug-likeness (QED) is 0.0392. The van der Waals surface area contributed by atoms with E-state index in [0.717, 1.165) is 38.5 Å². The molecule has 0 amide bonds. The highest BCUT2D eigenvalue weighted by atomic mass is 16.6. The molecule has 49 heavy (non-hydrogen) atoms. The van der Waals surface area contributed by atoms with E-state index in [1.807, 2.05) is 21.1 Å². The van der Waals surface area contributed by atoms with Crippen LogP contribution in [0.15, 0.2) is 0 Å². The number of nitrogens with zero attached hydrogens (tertiary/aromatic N) is 1. The number of carboxylic acid groups (broad SMARTS) is 1. The number of quaternary nitrogens is 1. The Kier molecular flexibility index (Phi) is 32.3. The van der Waals surface area contributed by atoms with E-state index in [0.29, 0.717) is 19.3 Å². The molecule has 8 heteroatoms. The van der Waals surface area contributed by atoms with E-state index >= 15 is 0 Å². The maximum absolute atomic E-state index is 12.6. The Hall–Kier alpha value is -1.67. The minimum absolute atomic E-state index is 0.0433. The second kappa shape index (κ2) is 33.5. The highest BCUT2D eigenvalue weighted by Gasteiger charge is 2.31. The molecule has 0 aromatic carbocycles. The number of unbranched alkanes of at least 4 members (excludes halogenated alkanes) is 23. The third-order valence-electron chi connectivity index (χ3n) is 9.51. The average Bonchev–Trinajstić information content (AvgIpc) is 3.05. The third-order valence-corrected chi connectivity index (χ3v) is 9.51. The van der Waals surface area contributed by atoms with Gasteiger partial charge in [0.05, 0.1) is 34.4 Å². The van der Waals surface area contributed by atoms with Gasteiger partial charge in [-0.1, -0.05) is 162 Å². The summed E-state index contributed by atoms with van der Waals surface area (Å²) in [5.41, 5.74) is 0. The van der Waals surface area contributed by atoms with Gasteiger partial charge in [-0.05, 0) is 12.8 Å². The third kappa shape index (κ3) is 32.0. The van der Waals surface area contributed by atoms with Gasteiger partial charge in [0.2, 0.25) is 0 Å². The van der Waals surface area contributed by atoms with E-state index in [4.69, 9.17) is 14.2 Å². The summed E-state index contributed by atoms with van der Waals surface area (Å²) in [6, 6.07) is -0.606. The standard InChI is InChI=1S/C41H79NO7/c1-6-8-10-12-14-15-16-17-18-19-20-21-22-23-24-26-27-29-31-39(43)48-36-37(35-47-34-33-38(41(45)46)42(3,4)5)49-40(44)32-30-28-25-13-11-9-7-2/h37-38H,6-36H2,1-5H3/p+1. The smallest absolute Gasteiger partial charge is 0.362 e. The number of rotatable bonds is 37. The van der Waals surface area contributed by atoms with Crippen LogP contribution in [0.5, 0.6) is 0 Å². The summed E-state index contributed by atoms with van der Waals surface area (Å²) in [6.45, 7) is 4.71. The number of carbonyl (C=O) groups excluding carboxylic acids is 2. The topological polar surface area (TPSA) is 99.1 Å². The van der Waals surface area contributed by atoms with Gasteiger partial charge in [-0.25, -0.2) is 4.79 Å². The van der Waals surface area contributed by atoms with Crippen molar-refractivity contribution in [3.05, 3.63) is 0 Å². The van der Waals surface area contributed by atoms with Crippen molar-refractivity contribution in [2.24, 2.45) is 0 Å². The Morgan fingerprint density at radius 1 is 0.531 bits per heavy atom. The molecule has 0 aliphatic carbocycles. The van der Waals surface area contributed by atoms with Gasteiger partial charge in [-0.3, -0.25) is 9.59 Å². The minimum atomic E-state index is -0.873. The maximum Gasteiger partial charge on any atom is 0.362 e. The van der Waals surface area contributed by atoms with Crippen molar-refractivity contribution >= 4 is 17.9 Å². The predicted molar refractivity (Wildman–Crippen MR) is 202 cm³/mol. The van der Waals surface area contributed by atoms with E-state index in [2.05, 4.69) is 13.8 Å². The zero-order valence-electron chi connectivity index (χ0n) is 32.9. The van der Waals surface area contributed by atoms with Crippen molar-refractivity contribution in [2.75, 3.05) is 41.0 Å². The summed E-state index contributed by atoms with van der Waals surface area (Å²) in [6.07, 6.45) is 31.6. The molecule has 0 spiro atoms. The monoisotopic (exact) mass is 699 g/mol. The van der Waals surface area contributed by atoms with Crippen LogP contribution < -0.4 is 0 Å². The minimum Gasteiger partial charge on any atom is -0.477 e. The van der Waals surface area contributed by atoms with Gasteiger partial charge in [-0.2, -0.15) is 0 Å². The largest absolute Gasteiger partial charge is 0.477 e. The summed E-state index contributed by atoms with van der Waals surface area (Å²) in [5, 5.41) is 9.57. The lowest BCUT2D eigenvalue weighted by Gasteiger charge is -2.31. The zero-order valence-corrected chi connectivity index (χ0v) is 32.9. The molecule has 8 nitrogen and oxygen atoms in total. The lowest BCUT2D eigenvalue weighted by atomic mass is 10.0. The lowest BCUT2D eigenvalue weighted by Crippen LogP contribution is -2.50. The summed E-state index contributed by atoms with van der Waals surface area (Å²) in [7, 11) is 5.52. The number of carboxylic acids is 1. The van der Waals surface area contributed by atoms with Crippen LogP contribution in [0.4, 0.5) is 0 Å². The Labute approximate surface area is 302 Å². The molecule has 1 N–H and O–H groups in total. The SMILES string of the molecule is CCCCCCCCCCCCCCCCCCCCC(=O)OCC(COCCC(C(=O)O)[N+](C)(C)C)OC(=O)CCCCCCCCC. The fourth-order valence-corrected chi connectivity index (χ4v) is 6.27. The molecule has 2 atom stereocenters. The van der Waals surface area contributed by atoms with Crippen molar-refractivity contribution in [2.45, 2.75) is 206 Å². The number of carbonyl (C=O) groups is 3. The summed E-state index contributed by atoms with van der Waals surface area (Å²) < 4.78 is 17.2. The highest BCUT2D eigenvalue weighted by molar-refractivity contribution is 5.72. The molecule has 0 fully saturated rings. The van der Waals surface area contributed by atoms with Gasteiger partial charge in [-0.15, -0.1) is 0 Å². The number of ether oxygens (including phenoxy) is 3. The molecule has 0 radical (unpaired) electrons. The van der Waals surface area contributed by atoms with Gasteiger partial charge in [0, 0.05) is 19.3 Å². The van der Waals surface area contributed by atoms with Gasteiger partial charge < -0.3 is 23.8 Å². The number of hydrogen-bond donors (Lipinski definition) is 1. The molecule has 0 aromatic rings. The molecule has 0 aliphatic heterocycles. The van der Waals surface area contributed by atoms with Crippen LogP contribution >= 0.6 is 0 Å². The van der Waals surface area contributed by atoms with Crippen molar-refractivity contribution in [1.29, 1.82) is 0 Å². The Balaban J connectivity index is 4.18. The van der Waals surface area contributed by atoms with Crippen molar-refractivity contribution < 1.29 is 38.2 Å². The maximum atomic E-state index is 12.6. The van der Waals surface area contributed by atoms with Crippen LogP contribution in [0.2, 0.25) is 0 Å². The Morgan fingerprint density at radius 3 is 1.27 bits per heavy atom. The van der Waals surface area contributed by atoms with Crippen LogP contribution in [0.1, 0.15) is 194 Å². The predicted octanol–water partition coefficient (Wildman–Crippen LogP) is 10.6. The van der Waals surface area contributed by atoms with Crippen molar-refractivity contribution in [3.63, 3.8) is 0 Å². The molecule has 0 bridgehead atoms. The summed E-state index contributed by atoms with van der Waals surface area (Å²) >= 11 is 0. The molecular formula is C41H80NO7+. The number of aliphatic carboxylic acids is 1. The molecule has 2 unspecified atom stereocenters. The Bertz CT molecular complexity index is 782. The first kappa shape index (κ1) is 47.3. The van der Waals surface area contributed by atoms with E-state index in [9.17, 15) is 19.5 Å². The molecule has 290 valence electrons. The Morgan fingerprint density at radius 2 is 0.898 bits per heavy atom. The molecule has 0 aromatic heterocycles. The fourth-order valence-electron chi connectivity index (χ4n) is 6.27. The second-order valence-corrected chi connectivity index (χ2v) is 15.3. The molecule has 0 aliphatic rings. The number of esters is 2. The van der Waals surface area contributed by atoms with Crippen LogP contribution in [-0.4, -0.2) is 80.6 Å².